The normalized spacial score (nSPS) is 12.0. The fourth-order valence-corrected chi connectivity index (χ4v) is 4.52. The largest absolute Gasteiger partial charge is 0.544 e. The fraction of sp³-hybridized carbons (Fsp3) is 0.867. The second-order valence-corrected chi connectivity index (χ2v) is 10.9. The average Bonchev–Trinajstić information content (AvgIpc) is 2.77. The SMILES string of the molecule is CCCCCCCC/C=C/CCCCCCCCCCCC(=O)CCCC[N+](C)(C)CC(=O)[O-]. The highest BCUT2D eigenvalue weighted by atomic mass is 16.4. The number of carbonyl (C=O) groups is 2. The van der Waals surface area contributed by atoms with Crippen LogP contribution in [0.4, 0.5) is 0 Å². The van der Waals surface area contributed by atoms with Crippen LogP contribution in [0.25, 0.3) is 0 Å². The number of quaternary nitrogens is 1. The maximum atomic E-state index is 12.0. The van der Waals surface area contributed by atoms with Gasteiger partial charge >= 0.3 is 0 Å². The zero-order valence-corrected chi connectivity index (χ0v) is 23.1. The standard InChI is InChI=1S/C30H57NO3/c1-4-5-6-7-8-9-10-11-12-13-14-15-16-17-18-19-20-21-22-25-29(32)26-23-24-27-31(2,3)28-30(33)34/h11-12H,4-10,13-28H2,1-3H3/b12-11+. The van der Waals surface area contributed by atoms with Crippen LogP contribution < -0.4 is 5.11 Å². The highest BCUT2D eigenvalue weighted by Crippen LogP contribution is 2.13. The second kappa shape index (κ2) is 23.6. The van der Waals surface area contributed by atoms with Gasteiger partial charge in [-0.2, -0.15) is 0 Å². The van der Waals surface area contributed by atoms with Crippen LogP contribution in [0.1, 0.15) is 142 Å². The molecule has 0 aromatic rings. The Morgan fingerprint density at radius 3 is 1.50 bits per heavy atom. The van der Waals surface area contributed by atoms with Crippen LogP contribution in [0.3, 0.4) is 0 Å². The Morgan fingerprint density at radius 1 is 0.618 bits per heavy atom. The number of carboxylic acid groups (broad SMARTS) is 1. The Balaban J connectivity index is 3.32. The molecule has 0 unspecified atom stereocenters. The molecule has 0 rings (SSSR count). The molecular weight excluding hydrogens is 422 g/mol. The minimum atomic E-state index is -1.01. The van der Waals surface area contributed by atoms with E-state index in [1.54, 1.807) is 0 Å². The molecule has 0 radical (unpaired) electrons. The van der Waals surface area contributed by atoms with Crippen molar-refractivity contribution in [3.05, 3.63) is 12.2 Å². The number of hydrogen-bond acceptors (Lipinski definition) is 3. The monoisotopic (exact) mass is 479 g/mol. The summed E-state index contributed by atoms with van der Waals surface area (Å²) in [6.07, 6.45) is 30.2. The molecule has 0 aromatic carbocycles. The van der Waals surface area contributed by atoms with Gasteiger partial charge in [0.1, 0.15) is 12.3 Å². The first-order valence-electron chi connectivity index (χ1n) is 14.6. The highest BCUT2D eigenvalue weighted by molar-refractivity contribution is 5.78. The van der Waals surface area contributed by atoms with Gasteiger partial charge in [-0.15, -0.1) is 0 Å². The number of allylic oxidation sites excluding steroid dienone is 2. The highest BCUT2D eigenvalue weighted by Gasteiger charge is 2.14. The molecule has 0 heterocycles. The molecule has 0 bridgehead atoms. The fourth-order valence-electron chi connectivity index (χ4n) is 4.52. The Bertz CT molecular complexity index is 513. The molecule has 0 atom stereocenters. The molecule has 0 aromatic heterocycles. The second-order valence-electron chi connectivity index (χ2n) is 10.9. The molecule has 0 aliphatic carbocycles. The molecule has 4 nitrogen and oxygen atoms in total. The smallest absolute Gasteiger partial charge is 0.132 e. The van der Waals surface area contributed by atoms with E-state index < -0.39 is 5.97 Å². The summed E-state index contributed by atoms with van der Waals surface area (Å²) in [5.41, 5.74) is 0. The van der Waals surface area contributed by atoms with E-state index in [-0.39, 0.29) is 6.54 Å². The van der Waals surface area contributed by atoms with Crippen LogP contribution >= 0.6 is 0 Å². The van der Waals surface area contributed by atoms with Crippen molar-refractivity contribution >= 4 is 11.8 Å². The maximum absolute atomic E-state index is 12.0. The van der Waals surface area contributed by atoms with Gasteiger partial charge < -0.3 is 14.4 Å². The van der Waals surface area contributed by atoms with Crippen molar-refractivity contribution in [3.8, 4) is 0 Å². The number of hydrogen-bond donors (Lipinski definition) is 0. The van der Waals surface area contributed by atoms with Crippen LogP contribution in [0, 0.1) is 0 Å². The van der Waals surface area contributed by atoms with Gasteiger partial charge in [-0.05, 0) is 44.9 Å². The third kappa shape index (κ3) is 25.5. The van der Waals surface area contributed by atoms with Crippen LogP contribution in [-0.4, -0.2) is 43.4 Å². The summed E-state index contributed by atoms with van der Waals surface area (Å²) in [4.78, 5) is 22.7. The molecule has 0 aliphatic heterocycles. The Hall–Kier alpha value is -1.16. The predicted octanol–water partition coefficient (Wildman–Crippen LogP) is 7.15. The van der Waals surface area contributed by atoms with Gasteiger partial charge in [0.25, 0.3) is 0 Å². The molecule has 0 N–H and O–H groups in total. The molecule has 0 amide bonds. The maximum Gasteiger partial charge on any atom is 0.132 e. The average molecular weight is 480 g/mol. The van der Waals surface area contributed by atoms with Crippen molar-refractivity contribution in [1.82, 2.24) is 0 Å². The van der Waals surface area contributed by atoms with Gasteiger partial charge in [-0.3, -0.25) is 4.79 Å². The molecule has 0 aliphatic rings. The van der Waals surface area contributed by atoms with Crippen molar-refractivity contribution in [1.29, 1.82) is 0 Å². The first-order valence-corrected chi connectivity index (χ1v) is 14.6. The number of carbonyl (C=O) groups excluding carboxylic acids is 2. The first kappa shape index (κ1) is 32.8. The van der Waals surface area contributed by atoms with Gasteiger partial charge in [-0.25, -0.2) is 0 Å². The lowest BCUT2D eigenvalue weighted by atomic mass is 10.0. The number of aliphatic carboxylic acids is 1. The summed E-state index contributed by atoms with van der Waals surface area (Å²) in [5, 5.41) is 10.7. The number of rotatable bonds is 26. The van der Waals surface area contributed by atoms with E-state index in [1.807, 2.05) is 14.1 Å². The topological polar surface area (TPSA) is 57.2 Å². The predicted molar refractivity (Wildman–Crippen MR) is 144 cm³/mol. The lowest BCUT2D eigenvalue weighted by molar-refractivity contribution is -0.885. The van der Waals surface area contributed by atoms with E-state index in [2.05, 4.69) is 19.1 Å². The van der Waals surface area contributed by atoms with E-state index in [0.29, 0.717) is 23.1 Å². The molecule has 0 saturated carbocycles. The van der Waals surface area contributed by atoms with Gasteiger partial charge in [-0.1, -0.05) is 96.1 Å². The van der Waals surface area contributed by atoms with Crippen LogP contribution in [0.5, 0.6) is 0 Å². The third-order valence-corrected chi connectivity index (χ3v) is 6.74. The summed E-state index contributed by atoms with van der Waals surface area (Å²) < 4.78 is 0.423. The minimum Gasteiger partial charge on any atom is -0.544 e. The summed E-state index contributed by atoms with van der Waals surface area (Å²) in [5.74, 6) is -0.644. The van der Waals surface area contributed by atoms with E-state index in [1.165, 1.54) is 103 Å². The zero-order chi connectivity index (χ0) is 25.3. The molecule has 34 heavy (non-hydrogen) atoms. The third-order valence-electron chi connectivity index (χ3n) is 6.74. The lowest BCUT2D eigenvalue weighted by Gasteiger charge is -2.30. The Morgan fingerprint density at radius 2 is 1.03 bits per heavy atom. The number of unbranched alkanes of at least 4 members (excludes halogenated alkanes) is 16. The number of likely N-dealkylation sites (N-methyl/N-ethyl adjacent to an activating group) is 1. The van der Waals surface area contributed by atoms with Crippen molar-refractivity contribution in [2.45, 2.75) is 142 Å². The molecule has 0 spiro atoms. The van der Waals surface area contributed by atoms with Crippen LogP contribution in [-0.2, 0) is 9.59 Å². The van der Waals surface area contributed by atoms with Crippen molar-refractivity contribution in [2.24, 2.45) is 0 Å². The van der Waals surface area contributed by atoms with E-state index in [0.717, 1.165) is 25.8 Å². The molecule has 0 saturated heterocycles. The van der Waals surface area contributed by atoms with Crippen molar-refractivity contribution < 1.29 is 19.2 Å². The number of carboxylic acids is 1. The molecule has 200 valence electrons. The summed E-state index contributed by atoms with van der Waals surface area (Å²) in [7, 11) is 3.79. The minimum absolute atomic E-state index is 0.0324. The Labute approximate surface area is 212 Å². The quantitative estimate of drug-likeness (QED) is 0.0752. The molecular formula is C30H57NO3. The zero-order valence-electron chi connectivity index (χ0n) is 23.1. The lowest BCUT2D eigenvalue weighted by Crippen LogP contribution is -2.48. The number of nitrogens with zero attached hydrogens (tertiary/aromatic N) is 1. The van der Waals surface area contributed by atoms with Gasteiger partial charge in [0.2, 0.25) is 0 Å². The summed E-state index contributed by atoms with van der Waals surface area (Å²) >= 11 is 0. The molecule has 0 fully saturated rings. The number of Topliss-reactive ketones (excluding diaryl/α,β-unsaturated/α-hetero) is 1. The summed E-state index contributed by atoms with van der Waals surface area (Å²) in [6, 6.07) is 0. The van der Waals surface area contributed by atoms with E-state index in [9.17, 15) is 14.7 Å². The Kier molecular flexibility index (Phi) is 22.8. The van der Waals surface area contributed by atoms with Crippen molar-refractivity contribution in [3.63, 3.8) is 0 Å². The summed E-state index contributed by atoms with van der Waals surface area (Å²) in [6.45, 7) is 3.08. The first-order chi connectivity index (χ1) is 16.4. The van der Waals surface area contributed by atoms with E-state index in [4.69, 9.17) is 0 Å². The van der Waals surface area contributed by atoms with Crippen molar-refractivity contribution in [2.75, 3.05) is 27.2 Å². The van der Waals surface area contributed by atoms with Gasteiger partial charge in [0, 0.05) is 12.8 Å². The molecule has 4 heteroatoms. The van der Waals surface area contributed by atoms with Gasteiger partial charge in [0.15, 0.2) is 0 Å². The van der Waals surface area contributed by atoms with Crippen LogP contribution in [0.2, 0.25) is 0 Å². The number of ketones is 1. The van der Waals surface area contributed by atoms with Gasteiger partial charge in [0.05, 0.1) is 26.6 Å². The van der Waals surface area contributed by atoms with E-state index >= 15 is 0 Å². The van der Waals surface area contributed by atoms with Crippen LogP contribution in [0.15, 0.2) is 12.2 Å².